The molecule has 0 fully saturated rings. The summed E-state index contributed by atoms with van der Waals surface area (Å²) in [5, 5.41) is 0.218. The topological polar surface area (TPSA) is 38.7 Å². The zero-order chi connectivity index (χ0) is 9.97. The Hall–Kier alpha value is -1.48. The summed E-state index contributed by atoms with van der Waals surface area (Å²) in [5.74, 6) is 0.602. The van der Waals surface area contributed by atoms with Crippen LogP contribution >= 0.6 is 11.6 Å². The SMILES string of the molecule is Cc1ccc(-c2ncnc(Cl)n2)cc1. The van der Waals surface area contributed by atoms with Gasteiger partial charge in [0.15, 0.2) is 5.82 Å². The zero-order valence-corrected chi connectivity index (χ0v) is 8.36. The molecule has 4 heteroatoms. The van der Waals surface area contributed by atoms with Crippen LogP contribution in [0.25, 0.3) is 11.4 Å². The van der Waals surface area contributed by atoms with Gasteiger partial charge in [-0.1, -0.05) is 29.8 Å². The van der Waals surface area contributed by atoms with Gasteiger partial charge in [-0.2, -0.15) is 4.98 Å². The van der Waals surface area contributed by atoms with Crippen molar-refractivity contribution in [3.8, 4) is 11.4 Å². The first-order chi connectivity index (χ1) is 6.75. The molecule has 3 nitrogen and oxygen atoms in total. The lowest BCUT2D eigenvalue weighted by atomic mass is 10.1. The van der Waals surface area contributed by atoms with E-state index in [1.807, 2.05) is 31.2 Å². The minimum atomic E-state index is 0.218. The minimum Gasteiger partial charge on any atom is -0.216 e. The lowest BCUT2D eigenvalue weighted by Crippen LogP contribution is -1.90. The van der Waals surface area contributed by atoms with Crippen molar-refractivity contribution in [2.24, 2.45) is 0 Å². The van der Waals surface area contributed by atoms with E-state index in [-0.39, 0.29) is 5.28 Å². The quantitative estimate of drug-likeness (QED) is 0.718. The molecular weight excluding hydrogens is 198 g/mol. The summed E-state index contributed by atoms with van der Waals surface area (Å²) < 4.78 is 0. The molecule has 0 spiro atoms. The van der Waals surface area contributed by atoms with Crippen LogP contribution in [0.4, 0.5) is 0 Å². The first kappa shape index (κ1) is 9.09. The van der Waals surface area contributed by atoms with E-state index in [9.17, 15) is 0 Å². The number of nitrogens with zero attached hydrogens (tertiary/aromatic N) is 3. The van der Waals surface area contributed by atoms with Crippen molar-refractivity contribution >= 4 is 11.6 Å². The van der Waals surface area contributed by atoms with Crippen molar-refractivity contribution in [3.05, 3.63) is 41.4 Å². The molecule has 0 N–H and O–H groups in total. The lowest BCUT2D eigenvalue weighted by Gasteiger charge is -1.99. The van der Waals surface area contributed by atoms with Crippen LogP contribution in [0.3, 0.4) is 0 Å². The van der Waals surface area contributed by atoms with Crippen molar-refractivity contribution in [1.29, 1.82) is 0 Å². The molecule has 0 saturated carbocycles. The van der Waals surface area contributed by atoms with Gasteiger partial charge in [0, 0.05) is 5.56 Å². The molecule has 0 aliphatic carbocycles. The Morgan fingerprint density at radius 3 is 2.43 bits per heavy atom. The molecule has 2 rings (SSSR count). The number of hydrogen-bond acceptors (Lipinski definition) is 3. The molecule has 14 heavy (non-hydrogen) atoms. The van der Waals surface area contributed by atoms with Crippen molar-refractivity contribution in [3.63, 3.8) is 0 Å². The van der Waals surface area contributed by atoms with E-state index in [0.717, 1.165) is 5.56 Å². The Bertz CT molecular complexity index is 439. The van der Waals surface area contributed by atoms with Gasteiger partial charge in [0.2, 0.25) is 5.28 Å². The Labute approximate surface area is 86.8 Å². The highest BCUT2D eigenvalue weighted by molar-refractivity contribution is 6.28. The summed E-state index contributed by atoms with van der Waals surface area (Å²) in [4.78, 5) is 11.8. The largest absolute Gasteiger partial charge is 0.225 e. The van der Waals surface area contributed by atoms with E-state index >= 15 is 0 Å². The zero-order valence-electron chi connectivity index (χ0n) is 7.61. The summed E-state index contributed by atoms with van der Waals surface area (Å²) in [5.41, 5.74) is 2.15. The van der Waals surface area contributed by atoms with Crippen molar-refractivity contribution in [2.75, 3.05) is 0 Å². The van der Waals surface area contributed by atoms with Gasteiger partial charge in [0.1, 0.15) is 6.33 Å². The highest BCUT2D eigenvalue weighted by Crippen LogP contribution is 2.15. The first-order valence-electron chi connectivity index (χ1n) is 4.17. The standard InChI is InChI=1S/C10H8ClN3/c1-7-2-4-8(5-3-7)9-12-6-13-10(11)14-9/h2-6H,1H3. The third kappa shape index (κ3) is 1.88. The molecule has 1 aromatic heterocycles. The van der Waals surface area contributed by atoms with Gasteiger partial charge in [0.05, 0.1) is 0 Å². The molecule has 1 heterocycles. The van der Waals surface area contributed by atoms with Crippen LogP contribution in [0.5, 0.6) is 0 Å². The number of aryl methyl sites for hydroxylation is 1. The second kappa shape index (κ2) is 3.72. The molecule has 1 aromatic carbocycles. The molecule has 0 bridgehead atoms. The molecular formula is C10H8ClN3. The second-order valence-electron chi connectivity index (χ2n) is 2.94. The van der Waals surface area contributed by atoms with Crippen LogP contribution in [0.2, 0.25) is 5.28 Å². The fourth-order valence-electron chi connectivity index (χ4n) is 1.12. The third-order valence-corrected chi connectivity index (χ3v) is 2.03. The van der Waals surface area contributed by atoms with E-state index in [1.54, 1.807) is 0 Å². The summed E-state index contributed by atoms with van der Waals surface area (Å²) in [6.07, 6.45) is 1.41. The van der Waals surface area contributed by atoms with Gasteiger partial charge < -0.3 is 0 Å². The molecule has 2 aromatic rings. The number of hydrogen-bond donors (Lipinski definition) is 0. The fraction of sp³-hybridized carbons (Fsp3) is 0.100. The highest BCUT2D eigenvalue weighted by atomic mass is 35.5. The van der Waals surface area contributed by atoms with Gasteiger partial charge in [0.25, 0.3) is 0 Å². The smallest absolute Gasteiger partial charge is 0.216 e. The van der Waals surface area contributed by atoms with Gasteiger partial charge in [-0.25, -0.2) is 9.97 Å². The normalized spacial score (nSPS) is 10.1. The molecule has 0 atom stereocenters. The Morgan fingerprint density at radius 2 is 1.79 bits per heavy atom. The van der Waals surface area contributed by atoms with Crippen LogP contribution in [0, 0.1) is 6.92 Å². The third-order valence-electron chi connectivity index (χ3n) is 1.85. The average molecular weight is 206 g/mol. The van der Waals surface area contributed by atoms with E-state index in [0.29, 0.717) is 5.82 Å². The first-order valence-corrected chi connectivity index (χ1v) is 4.55. The Balaban J connectivity index is 2.44. The van der Waals surface area contributed by atoms with Gasteiger partial charge >= 0.3 is 0 Å². The molecule has 0 aliphatic rings. The average Bonchev–Trinajstić information content (AvgIpc) is 2.19. The predicted octanol–water partition coefficient (Wildman–Crippen LogP) is 2.50. The molecule has 0 radical (unpaired) electrons. The lowest BCUT2D eigenvalue weighted by molar-refractivity contribution is 1.06. The van der Waals surface area contributed by atoms with E-state index < -0.39 is 0 Å². The monoisotopic (exact) mass is 205 g/mol. The summed E-state index contributed by atoms with van der Waals surface area (Å²) in [6, 6.07) is 7.93. The maximum atomic E-state index is 5.66. The minimum absolute atomic E-state index is 0.218. The summed E-state index contributed by atoms with van der Waals surface area (Å²) >= 11 is 5.66. The van der Waals surface area contributed by atoms with E-state index in [1.165, 1.54) is 11.9 Å². The Morgan fingerprint density at radius 1 is 1.07 bits per heavy atom. The fourth-order valence-corrected chi connectivity index (χ4v) is 1.24. The van der Waals surface area contributed by atoms with Crippen LogP contribution in [-0.4, -0.2) is 15.0 Å². The van der Waals surface area contributed by atoms with Crippen molar-refractivity contribution in [2.45, 2.75) is 6.92 Å². The van der Waals surface area contributed by atoms with E-state index in [4.69, 9.17) is 11.6 Å². The van der Waals surface area contributed by atoms with E-state index in [2.05, 4.69) is 15.0 Å². The second-order valence-corrected chi connectivity index (χ2v) is 3.28. The molecule has 0 saturated heterocycles. The van der Waals surface area contributed by atoms with Crippen LogP contribution in [0.15, 0.2) is 30.6 Å². The molecule has 70 valence electrons. The maximum Gasteiger partial charge on any atom is 0.225 e. The predicted molar refractivity (Wildman–Crippen MR) is 55.0 cm³/mol. The van der Waals surface area contributed by atoms with Gasteiger partial charge in [-0.05, 0) is 18.5 Å². The molecule has 0 unspecified atom stereocenters. The number of rotatable bonds is 1. The number of halogens is 1. The van der Waals surface area contributed by atoms with Crippen molar-refractivity contribution < 1.29 is 0 Å². The summed E-state index contributed by atoms with van der Waals surface area (Å²) in [7, 11) is 0. The van der Waals surface area contributed by atoms with Crippen LogP contribution in [0.1, 0.15) is 5.56 Å². The van der Waals surface area contributed by atoms with Gasteiger partial charge in [-0.3, -0.25) is 0 Å². The molecule has 0 aliphatic heterocycles. The number of benzene rings is 1. The number of aromatic nitrogens is 3. The Kier molecular flexibility index (Phi) is 2.41. The van der Waals surface area contributed by atoms with Crippen LogP contribution in [-0.2, 0) is 0 Å². The van der Waals surface area contributed by atoms with Crippen LogP contribution < -0.4 is 0 Å². The van der Waals surface area contributed by atoms with Crippen molar-refractivity contribution in [1.82, 2.24) is 15.0 Å². The maximum absolute atomic E-state index is 5.66. The highest BCUT2D eigenvalue weighted by Gasteiger charge is 2.01. The summed E-state index contributed by atoms with van der Waals surface area (Å²) in [6.45, 7) is 2.03. The molecule has 0 amide bonds. The van der Waals surface area contributed by atoms with Gasteiger partial charge in [-0.15, -0.1) is 0 Å².